The van der Waals surface area contributed by atoms with Gasteiger partial charge in [0.25, 0.3) is 0 Å². The van der Waals surface area contributed by atoms with Gasteiger partial charge in [0, 0.05) is 7.11 Å². The van der Waals surface area contributed by atoms with E-state index in [1.165, 1.54) is 11.1 Å². The van der Waals surface area contributed by atoms with E-state index in [4.69, 9.17) is 4.74 Å². The molecule has 0 saturated carbocycles. The summed E-state index contributed by atoms with van der Waals surface area (Å²) in [5.74, 6) is 0. The molecule has 2 rings (SSSR count). The first-order valence-corrected chi connectivity index (χ1v) is 8.57. The molecule has 26 heavy (non-hydrogen) atoms. The number of aldehydes is 1. The smallest absolute Gasteiger partial charge is 0.145 e. The summed E-state index contributed by atoms with van der Waals surface area (Å²) < 4.78 is 5.13. The Labute approximate surface area is 156 Å². The number of aliphatic hydroxyl groups excluding tert-OH is 1. The summed E-state index contributed by atoms with van der Waals surface area (Å²) in [6.07, 6.45) is 5.74. The van der Waals surface area contributed by atoms with Crippen LogP contribution in [0.5, 0.6) is 0 Å². The van der Waals surface area contributed by atoms with Crippen molar-refractivity contribution in [3.8, 4) is 0 Å². The molecular formula is C23H28O3. The maximum Gasteiger partial charge on any atom is 0.145 e. The summed E-state index contributed by atoms with van der Waals surface area (Å²) in [7, 11) is 1.69. The van der Waals surface area contributed by atoms with E-state index in [0.717, 1.165) is 29.4 Å². The number of aryl methyl sites for hydroxylation is 1. The molecule has 0 heterocycles. The Hall–Kier alpha value is -2.49. The van der Waals surface area contributed by atoms with E-state index in [2.05, 4.69) is 56.0 Å². The molecule has 0 atom stereocenters. The van der Waals surface area contributed by atoms with Gasteiger partial charge in [-0.25, -0.2) is 0 Å². The second-order valence-electron chi connectivity index (χ2n) is 6.14. The molecule has 0 fully saturated rings. The minimum Gasteiger partial charge on any atom is -0.392 e. The van der Waals surface area contributed by atoms with Crippen molar-refractivity contribution < 1.29 is 14.6 Å². The molecule has 0 aliphatic carbocycles. The molecular weight excluding hydrogens is 324 g/mol. The van der Waals surface area contributed by atoms with Gasteiger partial charge < -0.3 is 9.84 Å². The lowest BCUT2D eigenvalue weighted by atomic mass is 10.0. The number of carbonyl (C=O) groups excluding carboxylic acids is 1. The van der Waals surface area contributed by atoms with Gasteiger partial charge in [-0.3, -0.25) is 4.79 Å². The molecule has 3 heteroatoms. The number of carbonyl (C=O) groups is 1. The van der Waals surface area contributed by atoms with Crippen LogP contribution in [0.25, 0.3) is 12.2 Å². The van der Waals surface area contributed by atoms with E-state index in [1.807, 2.05) is 12.1 Å². The first-order valence-electron chi connectivity index (χ1n) is 8.57. The molecule has 3 nitrogen and oxygen atoms in total. The summed E-state index contributed by atoms with van der Waals surface area (Å²) in [4.78, 5) is 9.41. The number of methoxy groups -OCH3 is 1. The Morgan fingerprint density at radius 1 is 1.08 bits per heavy atom. The molecule has 0 bridgehead atoms. The molecule has 0 spiro atoms. The summed E-state index contributed by atoms with van der Waals surface area (Å²) >= 11 is 0. The maximum atomic E-state index is 9.41. The van der Waals surface area contributed by atoms with Crippen LogP contribution in [0, 0.1) is 6.92 Å². The van der Waals surface area contributed by atoms with E-state index in [-0.39, 0.29) is 6.61 Å². The van der Waals surface area contributed by atoms with Gasteiger partial charge in [-0.05, 0) is 48.1 Å². The Morgan fingerprint density at radius 2 is 1.65 bits per heavy atom. The molecule has 138 valence electrons. The van der Waals surface area contributed by atoms with Crippen LogP contribution in [0.15, 0.2) is 54.6 Å². The van der Waals surface area contributed by atoms with Crippen molar-refractivity contribution in [1.82, 2.24) is 0 Å². The third kappa shape index (κ3) is 8.06. The minimum absolute atomic E-state index is 0.0704. The highest BCUT2D eigenvalue weighted by molar-refractivity contribution is 5.71. The van der Waals surface area contributed by atoms with Crippen molar-refractivity contribution in [2.24, 2.45) is 0 Å². The molecule has 2 aromatic carbocycles. The number of rotatable bonds is 7. The second-order valence-corrected chi connectivity index (χ2v) is 6.14. The fourth-order valence-corrected chi connectivity index (χ4v) is 2.22. The Morgan fingerprint density at radius 3 is 2.19 bits per heavy atom. The van der Waals surface area contributed by atoms with Crippen LogP contribution >= 0.6 is 0 Å². The standard InChI is InChI=1S/C19H22O2.C4H6O/c1-15-3-5-16(6-4-15)7-8-17-9-10-19(14-20)18(13-17)11-12-21-2;1-4(2)3-5/h3-10,13,20H,11-12,14H2,1-2H3;3H,1H2,2H3/b8-7+;. The quantitative estimate of drug-likeness (QED) is 0.450. The predicted molar refractivity (Wildman–Crippen MR) is 109 cm³/mol. The van der Waals surface area contributed by atoms with Gasteiger partial charge in [-0.1, -0.05) is 66.8 Å². The van der Waals surface area contributed by atoms with Gasteiger partial charge >= 0.3 is 0 Å². The molecule has 0 aliphatic rings. The SMILES string of the molecule is C=C(C)C=O.COCCc1cc(/C=C/c2ccc(C)cc2)ccc1CO. The molecule has 0 aromatic heterocycles. The van der Waals surface area contributed by atoms with Crippen molar-refractivity contribution in [3.63, 3.8) is 0 Å². The van der Waals surface area contributed by atoms with Crippen molar-refractivity contribution in [2.45, 2.75) is 26.9 Å². The number of hydrogen-bond acceptors (Lipinski definition) is 3. The van der Waals surface area contributed by atoms with Gasteiger partial charge in [-0.15, -0.1) is 0 Å². The molecule has 0 amide bonds. The van der Waals surface area contributed by atoms with Crippen molar-refractivity contribution in [3.05, 3.63) is 82.4 Å². The summed E-state index contributed by atoms with van der Waals surface area (Å²) in [6.45, 7) is 7.79. The van der Waals surface area contributed by atoms with Crippen LogP contribution in [0.2, 0.25) is 0 Å². The van der Waals surface area contributed by atoms with Gasteiger partial charge in [0.2, 0.25) is 0 Å². The largest absolute Gasteiger partial charge is 0.392 e. The lowest BCUT2D eigenvalue weighted by Gasteiger charge is -2.08. The van der Waals surface area contributed by atoms with Crippen molar-refractivity contribution >= 4 is 18.4 Å². The van der Waals surface area contributed by atoms with E-state index in [0.29, 0.717) is 12.2 Å². The third-order valence-corrected chi connectivity index (χ3v) is 3.72. The fraction of sp³-hybridized carbons (Fsp3) is 0.261. The normalized spacial score (nSPS) is 10.3. The van der Waals surface area contributed by atoms with Crippen molar-refractivity contribution in [2.75, 3.05) is 13.7 Å². The average molecular weight is 352 g/mol. The van der Waals surface area contributed by atoms with Crippen LogP contribution in [0.4, 0.5) is 0 Å². The Kier molecular flexibility index (Phi) is 9.91. The van der Waals surface area contributed by atoms with E-state index < -0.39 is 0 Å². The molecule has 0 saturated heterocycles. The second kappa shape index (κ2) is 12.0. The van der Waals surface area contributed by atoms with Gasteiger partial charge in [-0.2, -0.15) is 0 Å². The molecule has 2 aromatic rings. The van der Waals surface area contributed by atoms with Crippen LogP contribution < -0.4 is 0 Å². The molecule has 1 N–H and O–H groups in total. The van der Waals surface area contributed by atoms with E-state index in [1.54, 1.807) is 14.0 Å². The van der Waals surface area contributed by atoms with Gasteiger partial charge in [0.05, 0.1) is 13.2 Å². The van der Waals surface area contributed by atoms with Crippen LogP contribution in [0.1, 0.15) is 34.7 Å². The maximum absolute atomic E-state index is 9.41. The number of benzene rings is 2. The minimum atomic E-state index is 0.0704. The average Bonchev–Trinajstić information content (AvgIpc) is 2.66. The number of ether oxygens (including phenoxy) is 1. The highest BCUT2D eigenvalue weighted by atomic mass is 16.5. The summed E-state index contributed by atoms with van der Waals surface area (Å²) in [5, 5.41) is 9.38. The first kappa shape index (κ1) is 21.6. The van der Waals surface area contributed by atoms with Gasteiger partial charge in [0.15, 0.2) is 0 Å². The lowest BCUT2D eigenvalue weighted by Crippen LogP contribution is -2.00. The number of hydrogen-bond donors (Lipinski definition) is 1. The Bertz CT molecular complexity index is 728. The molecule has 0 unspecified atom stereocenters. The zero-order valence-electron chi connectivity index (χ0n) is 15.9. The topological polar surface area (TPSA) is 46.5 Å². The summed E-state index contributed by atoms with van der Waals surface area (Å²) in [6, 6.07) is 14.6. The van der Waals surface area contributed by atoms with Gasteiger partial charge in [0.1, 0.15) is 6.29 Å². The first-order chi connectivity index (χ1) is 12.5. The molecule has 0 radical (unpaired) electrons. The van der Waals surface area contributed by atoms with Crippen LogP contribution in [0.3, 0.4) is 0 Å². The van der Waals surface area contributed by atoms with E-state index in [9.17, 15) is 9.90 Å². The highest BCUT2D eigenvalue weighted by Crippen LogP contribution is 2.16. The van der Waals surface area contributed by atoms with Crippen molar-refractivity contribution in [1.29, 1.82) is 0 Å². The zero-order valence-corrected chi connectivity index (χ0v) is 15.9. The van der Waals surface area contributed by atoms with Crippen LogP contribution in [-0.4, -0.2) is 25.1 Å². The highest BCUT2D eigenvalue weighted by Gasteiger charge is 2.02. The zero-order chi connectivity index (χ0) is 19.4. The van der Waals surface area contributed by atoms with E-state index >= 15 is 0 Å². The lowest BCUT2D eigenvalue weighted by molar-refractivity contribution is -0.104. The number of allylic oxidation sites excluding steroid dienone is 1. The summed E-state index contributed by atoms with van der Waals surface area (Å²) in [5.41, 5.74) is 6.28. The third-order valence-electron chi connectivity index (χ3n) is 3.72. The molecule has 0 aliphatic heterocycles. The number of aliphatic hydroxyl groups is 1. The predicted octanol–water partition coefficient (Wildman–Crippen LogP) is 4.61. The Balaban J connectivity index is 0.000000597. The monoisotopic (exact) mass is 352 g/mol. The van der Waals surface area contributed by atoms with Crippen LogP contribution in [-0.2, 0) is 22.6 Å². The fourth-order valence-electron chi connectivity index (χ4n) is 2.22.